The largest absolute Gasteiger partial charge is 0.494 e. The van der Waals surface area contributed by atoms with Gasteiger partial charge in [-0.15, -0.1) is 45.3 Å². The number of aromatic nitrogens is 13. The monoisotopic (exact) mass is 1690 g/mol. The molecule has 0 radical (unpaired) electrons. The maximum atomic E-state index is 5.58. The van der Waals surface area contributed by atoms with Gasteiger partial charge in [0.05, 0.1) is 35.9 Å². The number of nitrogens with zero attached hydrogens (tertiary/aromatic N) is 13. The lowest BCUT2D eigenvalue weighted by molar-refractivity contribution is 0.340. The standard InChI is InChI=1S/C25H28N6S.C25H27N5OS.C24H26N6S.C19H24N6S/c1-17-13-18(2)15-21(14-17)30-25-28-10-9-22(31-25)24-29-19(3)23(32-24)16-26-11-12-27-20-7-5-4-6-8-20;1-5-31-21-8-6-7-19(14-21)27-15-23-18(4)28-24(32-23)22-9-10-26-25(30-22)29-20-12-16(2)11-17(3)13-20;1-16-12-17(2)14-20(13-16)29-24-27-11-8-21(30-24)23-28-18(3)22(31-23)15-25-10-7-19-6-4-5-9-26-19;1-12-8-13(2)10-15(9-12)24-19-22-6-4-16(25-19)18-23-14(3)17(26-18)11-21-7-5-20/h4-10,13-15,26-27H,11-12,16H2,1-3H3,(H,28,30,31);6-14,27H,5,15H2,1-4H3,(H,26,29,30);4-6,8-9,11-14,25H,7,10,15H2,1-3H3,(H,27,29,30);4,6,8-10,21H,5,7,11,20H2,1-3H3,(H,22,24,25). The molecule has 0 bridgehead atoms. The lowest BCUT2D eigenvalue weighted by atomic mass is 10.1. The summed E-state index contributed by atoms with van der Waals surface area (Å²) in [6, 6.07) is 57.1. The lowest BCUT2D eigenvalue weighted by Gasteiger charge is -2.08. The van der Waals surface area contributed by atoms with Gasteiger partial charge >= 0.3 is 0 Å². The van der Waals surface area contributed by atoms with E-state index in [-0.39, 0.29) is 0 Å². The van der Waals surface area contributed by atoms with Crippen LogP contribution >= 0.6 is 45.3 Å². The predicted molar refractivity (Wildman–Crippen MR) is 500 cm³/mol. The molecule has 15 aromatic rings. The number of pyridine rings is 1. The zero-order chi connectivity index (χ0) is 85.0. The fraction of sp³-hybridized carbons (Fsp3) is 0.258. The molecular weight excluding hydrogens is 1580 g/mol. The first-order valence-corrected chi connectivity index (χ1v) is 43.5. The molecule has 0 spiro atoms. The summed E-state index contributed by atoms with van der Waals surface area (Å²) in [7, 11) is 0. The molecule has 0 unspecified atom stereocenters. The van der Waals surface area contributed by atoms with Gasteiger partial charge in [0.25, 0.3) is 0 Å². The number of thiazole rings is 4. The minimum absolute atomic E-state index is 0.563. The van der Waals surface area contributed by atoms with Crippen molar-refractivity contribution in [2.24, 2.45) is 5.73 Å². The number of anilines is 10. The maximum absolute atomic E-state index is 5.58. The van der Waals surface area contributed by atoms with Crippen molar-refractivity contribution >= 4 is 103 Å². The molecule has 11 N–H and O–H groups in total. The molecular formula is C93H105N23OS4. The Morgan fingerprint density at radius 1 is 0.306 bits per heavy atom. The van der Waals surface area contributed by atoms with Crippen LogP contribution in [-0.2, 0) is 32.6 Å². The van der Waals surface area contributed by atoms with Crippen molar-refractivity contribution < 1.29 is 4.74 Å². The highest BCUT2D eigenvalue weighted by molar-refractivity contribution is 7.16. The Morgan fingerprint density at radius 2 is 0.661 bits per heavy atom. The number of para-hydroxylation sites is 1. The minimum Gasteiger partial charge on any atom is -0.494 e. The molecule has 28 heteroatoms. The average molecular weight is 1690 g/mol. The van der Waals surface area contributed by atoms with E-state index in [0.717, 1.165) is 163 Å². The summed E-state index contributed by atoms with van der Waals surface area (Å²) in [5.74, 6) is 3.15. The molecule has 622 valence electrons. The van der Waals surface area contributed by atoms with Crippen molar-refractivity contribution in [3.05, 3.63) is 293 Å². The molecule has 0 amide bonds. The highest BCUT2D eigenvalue weighted by Crippen LogP contribution is 2.34. The summed E-state index contributed by atoms with van der Waals surface area (Å²) in [4.78, 5) is 64.3. The van der Waals surface area contributed by atoms with Gasteiger partial charge in [-0.1, -0.05) is 54.6 Å². The molecule has 121 heavy (non-hydrogen) atoms. The average Bonchev–Trinajstić information content (AvgIpc) is 1.68. The molecule has 0 atom stereocenters. The van der Waals surface area contributed by atoms with E-state index in [1.807, 2.05) is 113 Å². The van der Waals surface area contributed by atoms with Crippen LogP contribution in [0.5, 0.6) is 5.75 Å². The molecule has 24 nitrogen and oxygen atoms in total. The Bertz CT molecular complexity index is 5770. The van der Waals surface area contributed by atoms with E-state index >= 15 is 0 Å². The van der Waals surface area contributed by atoms with Gasteiger partial charge in [0.1, 0.15) is 48.6 Å². The van der Waals surface area contributed by atoms with E-state index in [1.165, 1.54) is 64.0 Å². The number of ether oxygens (including phenoxy) is 1. The van der Waals surface area contributed by atoms with Gasteiger partial charge in [-0.3, -0.25) is 4.98 Å². The molecule has 0 saturated heterocycles. The van der Waals surface area contributed by atoms with E-state index in [9.17, 15) is 0 Å². The summed E-state index contributed by atoms with van der Waals surface area (Å²) in [6.07, 6.45) is 9.81. The van der Waals surface area contributed by atoms with Gasteiger partial charge in [-0.2, -0.15) is 0 Å². The van der Waals surface area contributed by atoms with Crippen molar-refractivity contribution in [2.45, 2.75) is 123 Å². The highest BCUT2D eigenvalue weighted by atomic mass is 32.1. The summed E-state index contributed by atoms with van der Waals surface area (Å²) < 4.78 is 5.58. The smallest absolute Gasteiger partial charge is 0.227 e. The van der Waals surface area contributed by atoms with E-state index in [4.69, 9.17) is 35.4 Å². The Labute approximate surface area is 725 Å². The quantitative estimate of drug-likeness (QED) is 0.0175. The first-order valence-electron chi connectivity index (χ1n) is 40.3. The highest BCUT2D eigenvalue weighted by Gasteiger charge is 2.18. The van der Waals surface area contributed by atoms with Crippen LogP contribution in [0, 0.1) is 83.1 Å². The molecule has 0 aliphatic rings. The molecule has 0 aliphatic carbocycles. The first kappa shape index (κ1) is 88.0. The Morgan fingerprint density at radius 3 is 1.02 bits per heavy atom. The fourth-order valence-corrected chi connectivity index (χ4v) is 17.0. The number of rotatable bonds is 32. The van der Waals surface area contributed by atoms with Crippen LogP contribution in [-0.4, -0.2) is 104 Å². The van der Waals surface area contributed by atoms with Gasteiger partial charge in [-0.05, 0) is 244 Å². The third-order valence-electron chi connectivity index (χ3n) is 18.4. The second-order valence-corrected chi connectivity index (χ2v) is 33.5. The maximum Gasteiger partial charge on any atom is 0.227 e. The van der Waals surface area contributed by atoms with Crippen LogP contribution in [0.4, 0.5) is 57.9 Å². The number of nitrogens with one attached hydrogen (secondary N) is 9. The van der Waals surface area contributed by atoms with E-state index in [1.54, 1.807) is 70.1 Å². The Hall–Kier alpha value is -12.3. The van der Waals surface area contributed by atoms with Crippen LogP contribution in [0.15, 0.2) is 201 Å². The summed E-state index contributed by atoms with van der Waals surface area (Å²) in [6.45, 7) is 34.5. The van der Waals surface area contributed by atoms with E-state index in [2.05, 4.69) is 241 Å². The van der Waals surface area contributed by atoms with Gasteiger partial charge < -0.3 is 58.3 Å². The summed E-state index contributed by atoms with van der Waals surface area (Å²) >= 11 is 6.64. The van der Waals surface area contributed by atoms with Crippen LogP contribution in [0.25, 0.3) is 42.8 Å². The van der Waals surface area contributed by atoms with Crippen molar-refractivity contribution in [2.75, 3.05) is 71.2 Å². The van der Waals surface area contributed by atoms with E-state index < -0.39 is 0 Å². The van der Waals surface area contributed by atoms with Crippen LogP contribution < -0.4 is 58.3 Å². The first-order chi connectivity index (χ1) is 58.7. The lowest BCUT2D eigenvalue weighted by Crippen LogP contribution is -2.21. The number of hydrogen-bond donors (Lipinski definition) is 10. The number of hydrogen-bond acceptors (Lipinski definition) is 28. The molecule has 9 heterocycles. The third kappa shape index (κ3) is 27.4. The Kier molecular flexibility index (Phi) is 32.1. The predicted octanol–water partition coefficient (Wildman–Crippen LogP) is 20.1. The second kappa shape index (κ2) is 44.2. The number of aryl methyl sites for hydroxylation is 12. The molecule has 9 aromatic heterocycles. The number of nitrogens with two attached hydrogens (primary N) is 1. The van der Waals surface area contributed by atoms with Crippen molar-refractivity contribution in [1.29, 1.82) is 0 Å². The van der Waals surface area contributed by atoms with Crippen molar-refractivity contribution in [3.63, 3.8) is 0 Å². The van der Waals surface area contributed by atoms with Gasteiger partial charge in [0, 0.05) is 155 Å². The van der Waals surface area contributed by atoms with Crippen molar-refractivity contribution in [3.8, 4) is 48.6 Å². The zero-order valence-electron chi connectivity index (χ0n) is 70.8. The van der Waals surface area contributed by atoms with Crippen molar-refractivity contribution in [1.82, 2.24) is 80.7 Å². The molecule has 6 aromatic carbocycles. The number of benzene rings is 6. The van der Waals surface area contributed by atoms with E-state index in [0.29, 0.717) is 43.5 Å². The van der Waals surface area contributed by atoms with Gasteiger partial charge in [0.15, 0.2) is 0 Å². The van der Waals surface area contributed by atoms with Gasteiger partial charge in [-0.25, -0.2) is 59.8 Å². The Balaban J connectivity index is 0.000000148. The van der Waals surface area contributed by atoms with Crippen LogP contribution in [0.3, 0.4) is 0 Å². The minimum atomic E-state index is 0.563. The van der Waals surface area contributed by atoms with Crippen LogP contribution in [0.2, 0.25) is 0 Å². The molecule has 15 rings (SSSR count). The molecule has 0 aliphatic heterocycles. The molecule has 0 fully saturated rings. The SMILES string of the molecule is CCOc1cccc(NCc2sc(-c3ccnc(Nc4cc(C)cc(C)c4)n3)nc2C)c1.Cc1cc(C)cc(Nc2nccc(-c3nc(C)c(CNCCN)s3)n2)c1.Cc1cc(C)cc(Nc2nccc(-c3nc(C)c(CNCCNc4ccccc4)s3)n2)c1.Cc1cc(C)cc(Nc2nccc(-c3nc(C)c(CNCCc4ccccn4)s3)n2)c1. The third-order valence-corrected chi connectivity index (χ3v) is 23.2. The second-order valence-electron chi connectivity index (χ2n) is 29.2. The van der Waals surface area contributed by atoms with Crippen LogP contribution in [0.1, 0.15) is 99.4 Å². The normalized spacial score (nSPS) is 10.9. The van der Waals surface area contributed by atoms with Gasteiger partial charge in [0.2, 0.25) is 23.8 Å². The fourth-order valence-electron chi connectivity index (χ4n) is 13.0. The molecule has 0 saturated carbocycles. The topological polar surface area (TPSA) is 311 Å². The summed E-state index contributed by atoms with van der Waals surface area (Å²) in [5, 5.41) is 34.0. The zero-order valence-corrected chi connectivity index (χ0v) is 74.0. The summed E-state index contributed by atoms with van der Waals surface area (Å²) in [5.41, 5.74) is 29.7.